The Morgan fingerprint density at radius 1 is 1.20 bits per heavy atom. The Labute approximate surface area is 174 Å². The van der Waals surface area contributed by atoms with Gasteiger partial charge in [-0.1, -0.05) is 35.5 Å². The Balaban J connectivity index is 1.47. The van der Waals surface area contributed by atoms with Gasteiger partial charge in [0.25, 0.3) is 0 Å². The van der Waals surface area contributed by atoms with E-state index < -0.39 is 17.9 Å². The maximum absolute atomic E-state index is 12.3. The number of nitrogens with two attached hydrogens (primary N) is 1. The Bertz CT molecular complexity index is 877. The highest BCUT2D eigenvalue weighted by Crippen LogP contribution is 2.12. The van der Waals surface area contributed by atoms with E-state index in [4.69, 9.17) is 11.1 Å². The van der Waals surface area contributed by atoms with Gasteiger partial charge in [-0.3, -0.25) is 15.1 Å². The number of carboxylic acid groups (broad SMARTS) is 1. The van der Waals surface area contributed by atoms with Crippen LogP contribution in [-0.4, -0.2) is 80.5 Å². The fraction of sp³-hybridized carbons (Fsp3) is 0.421. The molecule has 160 valence electrons. The van der Waals surface area contributed by atoms with Gasteiger partial charge in [0, 0.05) is 45.3 Å². The first kappa shape index (κ1) is 21.2. The van der Waals surface area contributed by atoms with Crippen LogP contribution in [0.2, 0.25) is 0 Å². The third kappa shape index (κ3) is 5.77. The number of benzene rings is 1. The molecule has 30 heavy (non-hydrogen) atoms. The van der Waals surface area contributed by atoms with E-state index in [1.807, 2.05) is 4.90 Å². The summed E-state index contributed by atoms with van der Waals surface area (Å²) in [5.41, 5.74) is 6.77. The summed E-state index contributed by atoms with van der Waals surface area (Å²) < 4.78 is 1.41. The van der Waals surface area contributed by atoms with E-state index in [2.05, 4.69) is 20.5 Å². The molecule has 0 aliphatic carbocycles. The van der Waals surface area contributed by atoms with E-state index in [1.165, 1.54) is 4.68 Å². The topological polar surface area (TPSA) is 153 Å². The summed E-state index contributed by atoms with van der Waals surface area (Å²) in [4.78, 5) is 27.9. The van der Waals surface area contributed by atoms with Crippen LogP contribution in [0.5, 0.6) is 0 Å². The first-order chi connectivity index (χ1) is 14.4. The zero-order valence-electron chi connectivity index (χ0n) is 16.6. The van der Waals surface area contributed by atoms with Crippen molar-refractivity contribution in [2.24, 2.45) is 5.73 Å². The molecule has 1 aromatic carbocycles. The molecule has 11 heteroatoms. The Kier molecular flexibility index (Phi) is 6.96. The van der Waals surface area contributed by atoms with Gasteiger partial charge in [-0.2, -0.15) is 0 Å². The second-order valence-corrected chi connectivity index (χ2v) is 7.12. The third-order valence-electron chi connectivity index (χ3n) is 4.97. The number of guanidine groups is 1. The number of aromatic nitrogens is 3. The molecule has 0 unspecified atom stereocenters. The number of amides is 1. The number of hydrogen-bond acceptors (Lipinski definition) is 6. The van der Waals surface area contributed by atoms with Gasteiger partial charge in [0.2, 0.25) is 5.91 Å². The lowest BCUT2D eigenvalue weighted by molar-refractivity contribution is -0.142. The molecule has 1 aliphatic heterocycles. The molecule has 2 heterocycles. The van der Waals surface area contributed by atoms with Crippen LogP contribution in [0.15, 0.2) is 36.5 Å². The SMILES string of the molecule is N=C(N)N1CCN(CCc2cn(CC(=O)N[C@@H](C(=O)O)c3ccccc3)nn2)CC1. The van der Waals surface area contributed by atoms with Crippen LogP contribution in [0.25, 0.3) is 0 Å². The summed E-state index contributed by atoms with van der Waals surface area (Å²) in [5.74, 6) is -1.48. The smallest absolute Gasteiger partial charge is 0.330 e. The highest BCUT2D eigenvalue weighted by atomic mass is 16.4. The van der Waals surface area contributed by atoms with Crippen molar-refractivity contribution in [2.45, 2.75) is 19.0 Å². The van der Waals surface area contributed by atoms with Gasteiger partial charge in [-0.25, -0.2) is 9.48 Å². The molecule has 1 aromatic heterocycles. The molecule has 0 radical (unpaired) electrons. The number of aliphatic carboxylic acids is 1. The van der Waals surface area contributed by atoms with Crippen molar-refractivity contribution in [3.05, 3.63) is 47.8 Å². The molecule has 1 atom stereocenters. The molecule has 1 saturated heterocycles. The second kappa shape index (κ2) is 9.83. The van der Waals surface area contributed by atoms with Gasteiger partial charge in [-0.15, -0.1) is 5.10 Å². The van der Waals surface area contributed by atoms with E-state index in [0.29, 0.717) is 12.0 Å². The Hall–Kier alpha value is -3.47. The fourth-order valence-corrected chi connectivity index (χ4v) is 3.30. The van der Waals surface area contributed by atoms with Crippen LogP contribution in [-0.2, 0) is 22.6 Å². The van der Waals surface area contributed by atoms with Gasteiger partial charge in [0.1, 0.15) is 6.54 Å². The zero-order chi connectivity index (χ0) is 21.5. The van der Waals surface area contributed by atoms with E-state index in [1.54, 1.807) is 36.5 Å². The lowest BCUT2D eigenvalue weighted by Gasteiger charge is -2.34. The molecule has 1 aliphatic rings. The van der Waals surface area contributed by atoms with Gasteiger partial charge in [-0.05, 0) is 5.56 Å². The molecule has 0 saturated carbocycles. The van der Waals surface area contributed by atoms with Crippen molar-refractivity contribution >= 4 is 17.8 Å². The van der Waals surface area contributed by atoms with Gasteiger partial charge in [0.15, 0.2) is 12.0 Å². The average Bonchev–Trinajstić information content (AvgIpc) is 3.18. The predicted molar refractivity (Wildman–Crippen MR) is 109 cm³/mol. The van der Waals surface area contributed by atoms with Crippen molar-refractivity contribution in [1.82, 2.24) is 30.1 Å². The number of carboxylic acids is 1. The van der Waals surface area contributed by atoms with Crippen molar-refractivity contribution in [2.75, 3.05) is 32.7 Å². The van der Waals surface area contributed by atoms with E-state index in [0.717, 1.165) is 38.4 Å². The molecule has 0 spiro atoms. The molecule has 2 aromatic rings. The van der Waals surface area contributed by atoms with Crippen LogP contribution < -0.4 is 11.1 Å². The van der Waals surface area contributed by atoms with Crippen LogP contribution in [0, 0.1) is 5.41 Å². The minimum Gasteiger partial charge on any atom is -0.479 e. The zero-order valence-corrected chi connectivity index (χ0v) is 16.6. The number of rotatable bonds is 8. The van der Waals surface area contributed by atoms with Crippen molar-refractivity contribution in [3.8, 4) is 0 Å². The van der Waals surface area contributed by atoms with Crippen molar-refractivity contribution in [1.29, 1.82) is 5.41 Å². The van der Waals surface area contributed by atoms with Gasteiger partial charge >= 0.3 is 5.97 Å². The number of nitrogens with zero attached hydrogens (tertiary/aromatic N) is 5. The summed E-state index contributed by atoms with van der Waals surface area (Å²) in [6.45, 7) is 3.80. The largest absolute Gasteiger partial charge is 0.479 e. The van der Waals surface area contributed by atoms with Crippen LogP contribution >= 0.6 is 0 Å². The number of carbonyl (C=O) groups is 2. The fourth-order valence-electron chi connectivity index (χ4n) is 3.30. The third-order valence-corrected chi connectivity index (χ3v) is 4.97. The molecule has 1 fully saturated rings. The summed E-state index contributed by atoms with van der Waals surface area (Å²) in [6.07, 6.45) is 2.38. The lowest BCUT2D eigenvalue weighted by atomic mass is 10.1. The van der Waals surface area contributed by atoms with Crippen molar-refractivity contribution in [3.63, 3.8) is 0 Å². The first-order valence-corrected chi connectivity index (χ1v) is 9.70. The monoisotopic (exact) mass is 414 g/mol. The van der Waals surface area contributed by atoms with E-state index in [9.17, 15) is 14.7 Å². The normalized spacial score (nSPS) is 15.5. The lowest BCUT2D eigenvalue weighted by Crippen LogP contribution is -2.51. The average molecular weight is 414 g/mol. The second-order valence-electron chi connectivity index (χ2n) is 7.12. The van der Waals surface area contributed by atoms with Gasteiger partial charge in [0.05, 0.1) is 5.69 Å². The van der Waals surface area contributed by atoms with Gasteiger partial charge < -0.3 is 21.1 Å². The van der Waals surface area contributed by atoms with Crippen LogP contribution in [0.3, 0.4) is 0 Å². The highest BCUT2D eigenvalue weighted by molar-refractivity contribution is 5.84. The quantitative estimate of drug-likeness (QED) is 0.326. The van der Waals surface area contributed by atoms with Crippen molar-refractivity contribution < 1.29 is 14.7 Å². The Morgan fingerprint density at radius 3 is 2.53 bits per heavy atom. The maximum atomic E-state index is 12.3. The van der Waals surface area contributed by atoms with E-state index in [-0.39, 0.29) is 12.5 Å². The highest BCUT2D eigenvalue weighted by Gasteiger charge is 2.22. The maximum Gasteiger partial charge on any atom is 0.330 e. The summed E-state index contributed by atoms with van der Waals surface area (Å²) in [5, 5.41) is 27.5. The molecule has 11 nitrogen and oxygen atoms in total. The molecule has 3 rings (SSSR count). The van der Waals surface area contributed by atoms with E-state index >= 15 is 0 Å². The molecule has 5 N–H and O–H groups in total. The minimum atomic E-state index is -1.13. The number of piperazine rings is 1. The molecular weight excluding hydrogens is 388 g/mol. The van der Waals surface area contributed by atoms with Crippen LogP contribution in [0.1, 0.15) is 17.3 Å². The molecular formula is C19H26N8O3. The first-order valence-electron chi connectivity index (χ1n) is 9.70. The Morgan fingerprint density at radius 2 is 1.90 bits per heavy atom. The number of carbonyl (C=O) groups excluding carboxylic acids is 1. The molecule has 1 amide bonds. The standard InChI is InChI=1S/C19H26N8O3/c20-19(21)26-10-8-25(9-11-26)7-6-15-12-27(24-23-15)13-16(28)22-17(18(29)30)14-4-2-1-3-5-14/h1-5,12,17H,6-11,13H2,(H3,20,21)(H,22,28)(H,29,30)/t17-/m1/s1. The number of nitrogens with one attached hydrogen (secondary N) is 2. The van der Waals surface area contributed by atoms with Crippen LogP contribution in [0.4, 0.5) is 0 Å². The number of hydrogen-bond donors (Lipinski definition) is 4. The predicted octanol–water partition coefficient (Wildman–Crippen LogP) is -0.726. The molecule has 0 bridgehead atoms. The summed E-state index contributed by atoms with van der Waals surface area (Å²) >= 11 is 0. The summed E-state index contributed by atoms with van der Waals surface area (Å²) in [6, 6.07) is 7.42. The minimum absolute atomic E-state index is 0.105. The summed E-state index contributed by atoms with van der Waals surface area (Å²) in [7, 11) is 0.